The van der Waals surface area contributed by atoms with E-state index in [2.05, 4.69) is 16.4 Å². The average Bonchev–Trinajstić information content (AvgIpc) is 3.33. The predicted molar refractivity (Wildman–Crippen MR) is 125 cm³/mol. The molecule has 2 bridgehead atoms. The fourth-order valence-electron chi connectivity index (χ4n) is 5.87. The van der Waals surface area contributed by atoms with Gasteiger partial charge in [-0.15, -0.1) is 0 Å². The van der Waals surface area contributed by atoms with Crippen LogP contribution in [0.3, 0.4) is 0 Å². The molecule has 170 valence electrons. The Morgan fingerprint density at radius 3 is 2.50 bits per heavy atom. The summed E-state index contributed by atoms with van der Waals surface area (Å²) in [5, 5.41) is 21.6. The number of nitriles is 2. The highest BCUT2D eigenvalue weighted by atomic mass is 16.5. The Balaban J connectivity index is 1.43. The van der Waals surface area contributed by atoms with Gasteiger partial charge < -0.3 is 10.1 Å². The first kappa shape index (κ1) is 20.5. The standard InChI is InChI=1S/C25H23N7O2/c1-15-9-17(5-3-6-26)10-16(2)20(15)34-21-19-18(22(33)32-8-4-7-31(19)32)28-23(29-21)30-25-11-24(12-25,13-25)14-27/h3,5,9-10H,4,7-8,11-13H2,1-2H3,(H,28,29,30)/b5-3+. The summed E-state index contributed by atoms with van der Waals surface area (Å²) in [7, 11) is 0. The smallest absolute Gasteiger partial charge is 0.293 e. The summed E-state index contributed by atoms with van der Waals surface area (Å²) in [6.45, 7) is 5.24. The van der Waals surface area contributed by atoms with Gasteiger partial charge in [0.05, 0.1) is 17.6 Å². The third-order valence-corrected chi connectivity index (χ3v) is 7.25. The van der Waals surface area contributed by atoms with Gasteiger partial charge in [0.25, 0.3) is 11.4 Å². The third kappa shape index (κ3) is 2.87. The zero-order chi connectivity index (χ0) is 23.7. The van der Waals surface area contributed by atoms with Crippen molar-refractivity contribution in [3.05, 3.63) is 45.3 Å². The fraction of sp³-hybridized carbons (Fsp3) is 0.400. The quantitative estimate of drug-likeness (QED) is 0.583. The van der Waals surface area contributed by atoms with Crippen LogP contribution in [0.1, 0.15) is 42.4 Å². The van der Waals surface area contributed by atoms with Gasteiger partial charge in [0.2, 0.25) is 5.95 Å². The molecular formula is C25H23N7O2. The first-order valence-corrected chi connectivity index (χ1v) is 11.4. The summed E-state index contributed by atoms with van der Waals surface area (Å²) in [6.07, 6.45) is 6.40. The number of allylic oxidation sites excluding steroid dienone is 1. The van der Waals surface area contributed by atoms with Gasteiger partial charge in [-0.3, -0.25) is 9.48 Å². The number of hydrogen-bond acceptors (Lipinski definition) is 7. The van der Waals surface area contributed by atoms with E-state index in [1.807, 2.05) is 36.7 Å². The topological polar surface area (TPSA) is 122 Å². The second-order valence-electron chi connectivity index (χ2n) is 9.83. The Hall–Kier alpha value is -4.11. The molecule has 3 heterocycles. The molecule has 0 atom stereocenters. The number of hydrogen-bond donors (Lipinski definition) is 1. The molecule has 0 radical (unpaired) electrons. The van der Waals surface area contributed by atoms with Crippen molar-refractivity contribution >= 4 is 23.1 Å². The number of ether oxygens (including phenoxy) is 1. The molecule has 1 aromatic carbocycles. The van der Waals surface area contributed by atoms with Gasteiger partial charge in [-0.1, -0.05) is 0 Å². The van der Waals surface area contributed by atoms with Crippen molar-refractivity contribution in [3.63, 3.8) is 0 Å². The van der Waals surface area contributed by atoms with Gasteiger partial charge in [0.15, 0.2) is 11.0 Å². The van der Waals surface area contributed by atoms with E-state index < -0.39 is 0 Å². The van der Waals surface area contributed by atoms with Crippen LogP contribution in [0.15, 0.2) is 23.0 Å². The second kappa shape index (κ2) is 6.94. The normalized spacial score (nSPS) is 24.2. The molecule has 9 nitrogen and oxygen atoms in total. The Morgan fingerprint density at radius 1 is 1.12 bits per heavy atom. The lowest BCUT2D eigenvalue weighted by molar-refractivity contribution is -0.0665. The molecule has 9 heteroatoms. The summed E-state index contributed by atoms with van der Waals surface area (Å²) >= 11 is 0. The largest absolute Gasteiger partial charge is 0.436 e. The van der Waals surface area contributed by atoms with E-state index in [1.165, 1.54) is 6.08 Å². The molecule has 2 aromatic heterocycles. The SMILES string of the molecule is Cc1cc(/C=C/C#N)cc(C)c1Oc1nc(NC23CC(C#N)(C2)C3)nc2c(=O)n3n(c12)CCC3. The van der Waals surface area contributed by atoms with Crippen molar-refractivity contribution in [2.45, 2.75) is 58.2 Å². The van der Waals surface area contributed by atoms with Gasteiger partial charge >= 0.3 is 0 Å². The van der Waals surface area contributed by atoms with Crippen LogP contribution < -0.4 is 15.6 Å². The predicted octanol–water partition coefficient (Wildman–Crippen LogP) is 3.80. The summed E-state index contributed by atoms with van der Waals surface area (Å²) in [6, 6.07) is 8.32. The Bertz CT molecular complexity index is 1500. The Morgan fingerprint density at radius 2 is 1.82 bits per heavy atom. The zero-order valence-electron chi connectivity index (χ0n) is 19.1. The zero-order valence-corrected chi connectivity index (χ0v) is 19.1. The van der Waals surface area contributed by atoms with E-state index in [4.69, 9.17) is 15.0 Å². The third-order valence-electron chi connectivity index (χ3n) is 7.25. The summed E-state index contributed by atoms with van der Waals surface area (Å²) in [5.41, 5.74) is 3.15. The lowest BCUT2D eigenvalue weighted by Gasteiger charge is -2.66. The van der Waals surface area contributed by atoms with Crippen molar-refractivity contribution < 1.29 is 4.74 Å². The number of rotatable bonds is 5. The van der Waals surface area contributed by atoms with E-state index in [-0.39, 0.29) is 16.5 Å². The van der Waals surface area contributed by atoms with Gasteiger partial charge in [0, 0.05) is 24.7 Å². The molecule has 0 saturated heterocycles. The van der Waals surface area contributed by atoms with E-state index >= 15 is 0 Å². The van der Waals surface area contributed by atoms with Crippen LogP contribution in [0.4, 0.5) is 5.95 Å². The molecule has 0 amide bonds. The molecule has 3 aromatic rings. The van der Waals surface area contributed by atoms with E-state index in [1.54, 1.807) is 10.8 Å². The monoisotopic (exact) mass is 453 g/mol. The van der Waals surface area contributed by atoms with Crippen LogP contribution in [0.25, 0.3) is 17.1 Å². The summed E-state index contributed by atoms with van der Waals surface area (Å²) in [5.74, 6) is 1.37. The number of aryl methyl sites for hydroxylation is 3. The summed E-state index contributed by atoms with van der Waals surface area (Å²) < 4.78 is 10.0. The molecule has 1 aliphatic heterocycles. The lowest BCUT2D eigenvalue weighted by Crippen LogP contribution is -2.70. The lowest BCUT2D eigenvalue weighted by atomic mass is 9.40. The van der Waals surface area contributed by atoms with Crippen LogP contribution in [-0.4, -0.2) is 24.9 Å². The van der Waals surface area contributed by atoms with Crippen LogP contribution in [0.5, 0.6) is 11.6 Å². The maximum Gasteiger partial charge on any atom is 0.293 e. The van der Waals surface area contributed by atoms with Crippen molar-refractivity contribution in [2.75, 3.05) is 5.32 Å². The Labute approximate surface area is 195 Å². The van der Waals surface area contributed by atoms with Gasteiger partial charge in [-0.05, 0) is 74.4 Å². The van der Waals surface area contributed by atoms with E-state index in [9.17, 15) is 10.1 Å². The van der Waals surface area contributed by atoms with Gasteiger partial charge in [-0.25, -0.2) is 9.67 Å². The Kier molecular flexibility index (Phi) is 4.19. The molecule has 34 heavy (non-hydrogen) atoms. The highest BCUT2D eigenvalue weighted by Gasteiger charge is 2.69. The second-order valence-corrected chi connectivity index (χ2v) is 9.83. The number of fused-ring (bicyclic) bond motifs is 3. The minimum Gasteiger partial charge on any atom is -0.436 e. The minimum atomic E-state index is -0.205. The van der Waals surface area contributed by atoms with Gasteiger partial charge in [-0.2, -0.15) is 15.5 Å². The maximum atomic E-state index is 13.1. The van der Waals surface area contributed by atoms with Crippen molar-refractivity contribution in [1.29, 1.82) is 10.5 Å². The molecule has 3 aliphatic carbocycles. The maximum absolute atomic E-state index is 13.1. The highest BCUT2D eigenvalue weighted by molar-refractivity contribution is 5.81. The fourth-order valence-corrected chi connectivity index (χ4v) is 5.87. The summed E-state index contributed by atoms with van der Waals surface area (Å²) in [4.78, 5) is 22.4. The van der Waals surface area contributed by atoms with Crippen molar-refractivity contribution in [1.82, 2.24) is 19.3 Å². The molecule has 3 fully saturated rings. The van der Waals surface area contributed by atoms with Crippen LogP contribution >= 0.6 is 0 Å². The number of benzene rings is 1. The molecule has 7 rings (SSSR count). The van der Waals surface area contributed by atoms with Crippen LogP contribution in [-0.2, 0) is 13.1 Å². The highest BCUT2D eigenvalue weighted by Crippen LogP contribution is 2.67. The van der Waals surface area contributed by atoms with Crippen molar-refractivity contribution in [2.24, 2.45) is 5.41 Å². The number of nitrogens with one attached hydrogen (secondary N) is 1. The molecular weight excluding hydrogens is 430 g/mol. The molecule has 4 aliphatic rings. The van der Waals surface area contributed by atoms with E-state index in [0.29, 0.717) is 41.7 Å². The molecule has 3 saturated carbocycles. The minimum absolute atomic E-state index is 0.140. The van der Waals surface area contributed by atoms with Crippen molar-refractivity contribution in [3.8, 4) is 23.8 Å². The first-order chi connectivity index (χ1) is 16.4. The molecule has 0 unspecified atom stereocenters. The molecule has 0 spiro atoms. The molecule has 1 N–H and O–H groups in total. The number of nitrogens with zero attached hydrogens (tertiary/aromatic N) is 6. The van der Waals surface area contributed by atoms with Crippen LogP contribution in [0, 0.1) is 41.9 Å². The average molecular weight is 454 g/mol. The number of anilines is 1. The first-order valence-electron chi connectivity index (χ1n) is 11.4. The van der Waals surface area contributed by atoms with E-state index in [0.717, 1.165) is 42.4 Å². The van der Waals surface area contributed by atoms with Crippen LogP contribution in [0.2, 0.25) is 0 Å². The number of aromatic nitrogens is 4. The van der Waals surface area contributed by atoms with Gasteiger partial charge in [0.1, 0.15) is 5.75 Å².